The SMILES string of the molecule is CN(CC1CC1)S(=O)(=O)c1ccc(C(F)(F)F)cc1[N+](=O)[O-]. The van der Waals surface area contributed by atoms with Gasteiger partial charge in [-0.25, -0.2) is 12.7 Å². The Hall–Kier alpha value is -1.68. The molecule has 1 fully saturated rings. The number of sulfonamides is 1. The van der Waals surface area contributed by atoms with Gasteiger partial charge >= 0.3 is 6.18 Å². The van der Waals surface area contributed by atoms with Crippen molar-refractivity contribution in [3.63, 3.8) is 0 Å². The summed E-state index contributed by atoms with van der Waals surface area (Å²) < 4.78 is 63.4. The molecule has 0 radical (unpaired) electrons. The molecule has 1 aliphatic rings. The average molecular weight is 338 g/mol. The number of hydrogen-bond acceptors (Lipinski definition) is 4. The second-order valence-electron chi connectivity index (χ2n) is 5.17. The van der Waals surface area contributed by atoms with Gasteiger partial charge in [0.1, 0.15) is 0 Å². The Morgan fingerprint density at radius 2 is 1.95 bits per heavy atom. The zero-order chi connectivity index (χ0) is 16.7. The lowest BCUT2D eigenvalue weighted by Gasteiger charge is -2.17. The van der Waals surface area contributed by atoms with Crippen LogP contribution in [0, 0.1) is 16.0 Å². The fourth-order valence-electron chi connectivity index (χ4n) is 1.98. The van der Waals surface area contributed by atoms with Gasteiger partial charge in [-0.15, -0.1) is 0 Å². The number of benzene rings is 1. The van der Waals surface area contributed by atoms with Crippen molar-refractivity contribution in [3.05, 3.63) is 33.9 Å². The minimum atomic E-state index is -4.78. The number of rotatable bonds is 5. The Balaban J connectivity index is 2.47. The van der Waals surface area contributed by atoms with Crippen LogP contribution in [-0.4, -0.2) is 31.2 Å². The van der Waals surface area contributed by atoms with E-state index in [9.17, 15) is 31.7 Å². The van der Waals surface area contributed by atoms with Crippen molar-refractivity contribution in [1.82, 2.24) is 4.31 Å². The lowest BCUT2D eigenvalue weighted by Crippen LogP contribution is -2.29. The predicted octanol–water partition coefficient (Wildman–Crippen LogP) is 2.64. The molecule has 2 rings (SSSR count). The highest BCUT2D eigenvalue weighted by Crippen LogP contribution is 2.36. The Morgan fingerprint density at radius 1 is 1.36 bits per heavy atom. The van der Waals surface area contributed by atoms with Gasteiger partial charge in [-0.3, -0.25) is 10.1 Å². The molecule has 0 amide bonds. The monoisotopic (exact) mass is 338 g/mol. The molecule has 1 aromatic rings. The van der Waals surface area contributed by atoms with Crippen molar-refractivity contribution in [2.75, 3.05) is 13.6 Å². The van der Waals surface area contributed by atoms with Crippen LogP contribution in [0.2, 0.25) is 0 Å². The maximum Gasteiger partial charge on any atom is 0.416 e. The van der Waals surface area contributed by atoms with E-state index in [0.717, 1.165) is 17.1 Å². The van der Waals surface area contributed by atoms with Crippen LogP contribution in [0.5, 0.6) is 0 Å². The quantitative estimate of drug-likeness (QED) is 0.610. The van der Waals surface area contributed by atoms with Crippen molar-refractivity contribution >= 4 is 15.7 Å². The van der Waals surface area contributed by atoms with E-state index < -0.39 is 37.3 Å². The summed E-state index contributed by atoms with van der Waals surface area (Å²) in [5.41, 5.74) is -2.33. The Labute approximate surface area is 124 Å². The molecule has 1 aromatic carbocycles. The fraction of sp³-hybridized carbons (Fsp3) is 0.500. The van der Waals surface area contributed by atoms with Crippen LogP contribution in [-0.2, 0) is 16.2 Å². The van der Waals surface area contributed by atoms with Crippen molar-refractivity contribution in [1.29, 1.82) is 0 Å². The first-order valence-corrected chi connectivity index (χ1v) is 7.79. The first-order chi connectivity index (χ1) is 10.0. The first-order valence-electron chi connectivity index (χ1n) is 6.35. The highest BCUT2D eigenvalue weighted by Gasteiger charge is 2.37. The third-order valence-electron chi connectivity index (χ3n) is 3.38. The minimum absolute atomic E-state index is 0.195. The largest absolute Gasteiger partial charge is 0.416 e. The van der Waals surface area contributed by atoms with Gasteiger partial charge in [0.05, 0.1) is 10.5 Å². The topological polar surface area (TPSA) is 80.5 Å². The van der Waals surface area contributed by atoms with Crippen LogP contribution in [0.3, 0.4) is 0 Å². The maximum absolute atomic E-state index is 12.6. The van der Waals surface area contributed by atoms with E-state index in [1.54, 1.807) is 0 Å². The van der Waals surface area contributed by atoms with Gasteiger partial charge in [-0.05, 0) is 30.9 Å². The van der Waals surface area contributed by atoms with Crippen LogP contribution < -0.4 is 0 Å². The summed E-state index contributed by atoms with van der Waals surface area (Å²) in [7, 11) is -2.95. The molecule has 10 heteroatoms. The van der Waals surface area contributed by atoms with E-state index in [1.807, 2.05) is 0 Å². The van der Waals surface area contributed by atoms with Crippen molar-refractivity contribution in [3.8, 4) is 0 Å². The summed E-state index contributed by atoms with van der Waals surface area (Å²) in [6, 6.07) is 1.42. The molecule has 0 bridgehead atoms. The van der Waals surface area contributed by atoms with Crippen LogP contribution in [0.15, 0.2) is 23.1 Å². The van der Waals surface area contributed by atoms with Crippen LogP contribution >= 0.6 is 0 Å². The zero-order valence-electron chi connectivity index (χ0n) is 11.5. The smallest absolute Gasteiger partial charge is 0.258 e. The van der Waals surface area contributed by atoms with Gasteiger partial charge in [0.2, 0.25) is 10.0 Å². The van der Waals surface area contributed by atoms with Gasteiger partial charge in [0, 0.05) is 19.7 Å². The van der Waals surface area contributed by atoms with E-state index in [1.165, 1.54) is 7.05 Å². The normalized spacial score (nSPS) is 16.0. The van der Waals surface area contributed by atoms with Crippen LogP contribution in [0.1, 0.15) is 18.4 Å². The van der Waals surface area contributed by atoms with Crippen molar-refractivity contribution in [2.45, 2.75) is 23.9 Å². The number of nitro groups is 1. The number of halogens is 3. The molecule has 0 heterocycles. The third-order valence-corrected chi connectivity index (χ3v) is 5.25. The van der Waals surface area contributed by atoms with Crippen LogP contribution in [0.25, 0.3) is 0 Å². The van der Waals surface area contributed by atoms with Gasteiger partial charge in [0.25, 0.3) is 5.69 Å². The molecule has 0 unspecified atom stereocenters. The van der Waals surface area contributed by atoms with Gasteiger partial charge in [-0.2, -0.15) is 13.2 Å². The molecule has 0 saturated heterocycles. The first kappa shape index (κ1) is 16.7. The predicted molar refractivity (Wildman–Crippen MR) is 70.6 cm³/mol. The summed E-state index contributed by atoms with van der Waals surface area (Å²) >= 11 is 0. The second kappa shape index (κ2) is 5.51. The Bertz CT molecular complexity index is 699. The lowest BCUT2D eigenvalue weighted by molar-refractivity contribution is -0.388. The molecule has 0 aliphatic heterocycles. The Morgan fingerprint density at radius 3 is 2.41 bits per heavy atom. The summed E-state index contributed by atoms with van der Waals surface area (Å²) in [4.78, 5) is 9.11. The van der Waals surface area contributed by atoms with Gasteiger partial charge in [-0.1, -0.05) is 0 Å². The highest BCUT2D eigenvalue weighted by molar-refractivity contribution is 7.89. The lowest BCUT2D eigenvalue weighted by atomic mass is 10.2. The zero-order valence-corrected chi connectivity index (χ0v) is 12.3. The average Bonchev–Trinajstić information content (AvgIpc) is 3.20. The standard InChI is InChI=1S/C12H13F3N2O4S/c1-16(7-8-2-3-8)22(20,21)11-5-4-9(12(13,14)15)6-10(11)17(18)19/h4-6,8H,2-3,7H2,1H3. The summed E-state index contributed by atoms with van der Waals surface area (Å²) in [6.45, 7) is 0.195. The second-order valence-corrected chi connectivity index (χ2v) is 7.18. The van der Waals surface area contributed by atoms with E-state index in [0.29, 0.717) is 12.1 Å². The molecule has 0 atom stereocenters. The molecule has 1 saturated carbocycles. The van der Waals surface area contributed by atoms with Crippen molar-refractivity contribution < 1.29 is 26.5 Å². The number of hydrogen-bond donors (Lipinski definition) is 0. The minimum Gasteiger partial charge on any atom is -0.258 e. The van der Waals surface area contributed by atoms with Gasteiger partial charge in [0.15, 0.2) is 4.90 Å². The van der Waals surface area contributed by atoms with E-state index >= 15 is 0 Å². The van der Waals surface area contributed by atoms with E-state index in [4.69, 9.17) is 0 Å². The van der Waals surface area contributed by atoms with Crippen LogP contribution in [0.4, 0.5) is 18.9 Å². The highest BCUT2D eigenvalue weighted by atomic mass is 32.2. The maximum atomic E-state index is 12.6. The molecule has 1 aliphatic carbocycles. The summed E-state index contributed by atoms with van der Waals surface area (Å²) in [5.74, 6) is 0.202. The van der Waals surface area contributed by atoms with Crippen molar-refractivity contribution in [2.24, 2.45) is 5.92 Å². The molecule has 6 nitrogen and oxygen atoms in total. The molecule has 122 valence electrons. The number of nitrogens with zero attached hydrogens (tertiary/aromatic N) is 2. The summed E-state index contributed by atoms with van der Waals surface area (Å²) in [5, 5.41) is 11.0. The Kier molecular flexibility index (Phi) is 4.18. The number of alkyl halides is 3. The third kappa shape index (κ3) is 3.38. The molecule has 0 aromatic heterocycles. The van der Waals surface area contributed by atoms with E-state index in [-0.39, 0.29) is 18.5 Å². The van der Waals surface area contributed by atoms with Gasteiger partial charge < -0.3 is 0 Å². The molecule has 22 heavy (non-hydrogen) atoms. The molecule has 0 N–H and O–H groups in total. The fourth-order valence-corrected chi connectivity index (χ4v) is 3.37. The van der Waals surface area contributed by atoms with E-state index in [2.05, 4.69) is 0 Å². The molecular formula is C12H13F3N2O4S. The number of nitro benzene ring substituents is 1. The molecule has 0 spiro atoms. The molecular weight excluding hydrogens is 325 g/mol. The summed E-state index contributed by atoms with van der Waals surface area (Å²) in [6.07, 6.45) is -3.04.